The molecule has 0 aliphatic heterocycles. The third kappa shape index (κ3) is 3.46. The third-order valence-electron chi connectivity index (χ3n) is 2.99. The Morgan fingerprint density at radius 3 is 3.06 bits per heavy atom. The summed E-state index contributed by atoms with van der Waals surface area (Å²) in [4.78, 5) is 14.7. The van der Waals surface area contributed by atoms with Gasteiger partial charge in [-0.15, -0.1) is 11.8 Å². The van der Waals surface area contributed by atoms with Crippen LogP contribution in [0.4, 0.5) is 0 Å². The highest BCUT2D eigenvalue weighted by Crippen LogP contribution is 2.36. The first-order chi connectivity index (χ1) is 8.15. The van der Waals surface area contributed by atoms with Crippen molar-refractivity contribution in [1.82, 2.24) is 10.1 Å². The molecule has 0 amide bonds. The van der Waals surface area contributed by atoms with E-state index in [4.69, 9.17) is 9.63 Å². The second kappa shape index (κ2) is 5.53. The number of carbonyl (C=O) groups is 1. The highest BCUT2D eigenvalue weighted by molar-refractivity contribution is 7.99. The van der Waals surface area contributed by atoms with Gasteiger partial charge in [0.1, 0.15) is 0 Å². The van der Waals surface area contributed by atoms with E-state index < -0.39 is 5.97 Å². The standard InChI is InChI=1S/C11H16N2O3S/c1-7-2-3-8(4-7)11-12-9(16-13-11)5-17-6-10(14)15/h7-8H,2-6H2,1H3,(H,14,15). The van der Waals surface area contributed by atoms with Gasteiger partial charge in [0.2, 0.25) is 5.89 Å². The van der Waals surface area contributed by atoms with Crippen LogP contribution in [-0.4, -0.2) is 27.0 Å². The monoisotopic (exact) mass is 256 g/mol. The Balaban J connectivity index is 1.85. The van der Waals surface area contributed by atoms with E-state index in [1.165, 1.54) is 18.2 Å². The first-order valence-electron chi connectivity index (χ1n) is 5.77. The number of hydrogen-bond acceptors (Lipinski definition) is 5. The summed E-state index contributed by atoms with van der Waals surface area (Å²) >= 11 is 1.28. The largest absolute Gasteiger partial charge is 0.481 e. The Morgan fingerprint density at radius 1 is 1.59 bits per heavy atom. The zero-order chi connectivity index (χ0) is 12.3. The van der Waals surface area contributed by atoms with Crippen LogP contribution in [0.25, 0.3) is 0 Å². The summed E-state index contributed by atoms with van der Waals surface area (Å²) in [7, 11) is 0. The molecular formula is C11H16N2O3S. The van der Waals surface area contributed by atoms with Crippen molar-refractivity contribution in [3.8, 4) is 0 Å². The normalized spacial score (nSPS) is 24.1. The SMILES string of the molecule is CC1CCC(c2noc(CSCC(=O)O)n2)C1. The van der Waals surface area contributed by atoms with Crippen LogP contribution < -0.4 is 0 Å². The summed E-state index contributed by atoms with van der Waals surface area (Å²) < 4.78 is 5.12. The Hall–Kier alpha value is -1.04. The van der Waals surface area contributed by atoms with Gasteiger partial charge in [-0.1, -0.05) is 12.1 Å². The minimum absolute atomic E-state index is 0.0676. The third-order valence-corrected chi connectivity index (χ3v) is 3.90. The van der Waals surface area contributed by atoms with E-state index in [0.717, 1.165) is 24.6 Å². The smallest absolute Gasteiger partial charge is 0.313 e. The van der Waals surface area contributed by atoms with E-state index in [-0.39, 0.29) is 5.75 Å². The molecule has 1 aliphatic rings. The number of aromatic nitrogens is 2. The van der Waals surface area contributed by atoms with Gasteiger partial charge in [0.25, 0.3) is 0 Å². The minimum Gasteiger partial charge on any atom is -0.481 e. The molecule has 2 atom stereocenters. The molecular weight excluding hydrogens is 240 g/mol. The lowest BCUT2D eigenvalue weighted by Crippen LogP contribution is -1.99. The van der Waals surface area contributed by atoms with Crippen LogP contribution in [0, 0.1) is 5.92 Å². The van der Waals surface area contributed by atoms with Crippen LogP contribution in [-0.2, 0) is 10.5 Å². The van der Waals surface area contributed by atoms with Crippen LogP contribution in [0.1, 0.15) is 43.8 Å². The van der Waals surface area contributed by atoms with Crippen molar-refractivity contribution in [2.24, 2.45) is 5.92 Å². The fourth-order valence-electron chi connectivity index (χ4n) is 2.16. The number of carboxylic acids is 1. The molecule has 2 rings (SSSR count). The van der Waals surface area contributed by atoms with Crippen LogP contribution >= 0.6 is 11.8 Å². The number of aliphatic carboxylic acids is 1. The summed E-state index contributed by atoms with van der Waals surface area (Å²) in [6.45, 7) is 2.24. The number of hydrogen-bond donors (Lipinski definition) is 1. The molecule has 0 radical (unpaired) electrons. The molecule has 1 saturated carbocycles. The molecule has 1 aromatic heterocycles. The van der Waals surface area contributed by atoms with Gasteiger partial charge in [0, 0.05) is 5.92 Å². The zero-order valence-electron chi connectivity index (χ0n) is 9.76. The summed E-state index contributed by atoms with van der Waals surface area (Å²) in [6.07, 6.45) is 3.48. The van der Waals surface area contributed by atoms with Crippen LogP contribution in [0.3, 0.4) is 0 Å². The van der Waals surface area contributed by atoms with Crippen molar-refractivity contribution in [2.75, 3.05) is 5.75 Å². The lowest BCUT2D eigenvalue weighted by atomic mass is 10.1. The number of thioether (sulfide) groups is 1. The predicted molar refractivity (Wildman–Crippen MR) is 63.9 cm³/mol. The van der Waals surface area contributed by atoms with E-state index in [2.05, 4.69) is 17.1 Å². The van der Waals surface area contributed by atoms with Gasteiger partial charge < -0.3 is 9.63 Å². The lowest BCUT2D eigenvalue weighted by Gasteiger charge is -2.01. The number of rotatable bonds is 5. The highest BCUT2D eigenvalue weighted by Gasteiger charge is 2.26. The Morgan fingerprint density at radius 2 is 2.41 bits per heavy atom. The molecule has 1 fully saturated rings. The maximum absolute atomic E-state index is 10.4. The van der Waals surface area contributed by atoms with E-state index in [1.807, 2.05) is 0 Å². The Kier molecular flexibility index (Phi) is 4.04. The lowest BCUT2D eigenvalue weighted by molar-refractivity contribution is -0.133. The molecule has 1 N–H and O–H groups in total. The van der Waals surface area contributed by atoms with Crippen LogP contribution in [0.15, 0.2) is 4.52 Å². The first-order valence-corrected chi connectivity index (χ1v) is 6.92. The van der Waals surface area contributed by atoms with Gasteiger partial charge in [-0.25, -0.2) is 0 Å². The van der Waals surface area contributed by atoms with Crippen molar-refractivity contribution >= 4 is 17.7 Å². The summed E-state index contributed by atoms with van der Waals surface area (Å²) in [5, 5.41) is 12.5. The van der Waals surface area contributed by atoms with Crippen molar-refractivity contribution in [2.45, 2.75) is 37.9 Å². The highest BCUT2D eigenvalue weighted by atomic mass is 32.2. The quantitative estimate of drug-likeness (QED) is 0.871. The molecule has 0 saturated heterocycles. The molecule has 1 aromatic rings. The molecule has 5 nitrogen and oxygen atoms in total. The average molecular weight is 256 g/mol. The molecule has 0 bridgehead atoms. The molecule has 0 aromatic carbocycles. The summed E-state index contributed by atoms with van der Waals surface area (Å²) in [6, 6.07) is 0. The fraction of sp³-hybridized carbons (Fsp3) is 0.727. The topological polar surface area (TPSA) is 76.2 Å². The van der Waals surface area contributed by atoms with Crippen LogP contribution in [0.5, 0.6) is 0 Å². The summed E-state index contributed by atoms with van der Waals surface area (Å²) in [5.74, 6) is 2.21. The van der Waals surface area contributed by atoms with E-state index in [1.54, 1.807) is 0 Å². The van der Waals surface area contributed by atoms with Gasteiger partial charge in [-0.2, -0.15) is 4.98 Å². The van der Waals surface area contributed by atoms with E-state index in [0.29, 0.717) is 17.6 Å². The average Bonchev–Trinajstić information content (AvgIpc) is 2.86. The van der Waals surface area contributed by atoms with Crippen molar-refractivity contribution in [3.05, 3.63) is 11.7 Å². The molecule has 1 heterocycles. The molecule has 17 heavy (non-hydrogen) atoms. The number of carboxylic acid groups (broad SMARTS) is 1. The van der Waals surface area contributed by atoms with Crippen molar-refractivity contribution in [3.63, 3.8) is 0 Å². The maximum atomic E-state index is 10.4. The molecule has 0 spiro atoms. The molecule has 94 valence electrons. The number of nitrogens with zero attached hydrogens (tertiary/aromatic N) is 2. The van der Waals surface area contributed by atoms with Crippen LogP contribution in [0.2, 0.25) is 0 Å². The molecule has 1 aliphatic carbocycles. The van der Waals surface area contributed by atoms with Gasteiger partial charge in [0.05, 0.1) is 11.5 Å². The Labute approximate surface area is 104 Å². The van der Waals surface area contributed by atoms with Gasteiger partial charge in [-0.05, 0) is 25.2 Å². The van der Waals surface area contributed by atoms with Gasteiger partial charge in [-0.3, -0.25) is 4.79 Å². The minimum atomic E-state index is -0.820. The van der Waals surface area contributed by atoms with E-state index in [9.17, 15) is 4.79 Å². The van der Waals surface area contributed by atoms with Gasteiger partial charge >= 0.3 is 5.97 Å². The molecule has 6 heteroatoms. The van der Waals surface area contributed by atoms with Crippen molar-refractivity contribution < 1.29 is 14.4 Å². The van der Waals surface area contributed by atoms with Gasteiger partial charge in [0.15, 0.2) is 5.82 Å². The van der Waals surface area contributed by atoms with Crippen molar-refractivity contribution in [1.29, 1.82) is 0 Å². The zero-order valence-corrected chi connectivity index (χ0v) is 10.6. The first kappa shape index (κ1) is 12.4. The molecule has 2 unspecified atom stereocenters. The van der Waals surface area contributed by atoms with E-state index >= 15 is 0 Å². The fourth-order valence-corrected chi connectivity index (χ4v) is 2.73. The summed E-state index contributed by atoms with van der Waals surface area (Å²) in [5.41, 5.74) is 0. The maximum Gasteiger partial charge on any atom is 0.313 e. The second-order valence-electron chi connectivity index (χ2n) is 4.55. The Bertz CT molecular complexity index is 394. The predicted octanol–water partition coefficient (Wildman–Crippen LogP) is 2.29. The second-order valence-corrected chi connectivity index (χ2v) is 5.53.